The summed E-state index contributed by atoms with van der Waals surface area (Å²) >= 11 is 0. The van der Waals surface area contributed by atoms with Crippen LogP contribution in [0.4, 0.5) is 0 Å². The number of piperidine rings is 2. The number of cyclic esters (lactones) is 2. The van der Waals surface area contributed by atoms with Gasteiger partial charge in [-0.2, -0.15) is 0 Å². The Bertz CT molecular complexity index is 933. The second-order valence-electron chi connectivity index (χ2n) is 9.68. The first-order valence-electron chi connectivity index (χ1n) is 11.6. The van der Waals surface area contributed by atoms with Crippen molar-refractivity contribution in [1.29, 1.82) is 0 Å². The second kappa shape index (κ2) is 7.97. The summed E-state index contributed by atoms with van der Waals surface area (Å²) < 4.78 is 10.4. The molecule has 0 bridgehead atoms. The number of likely N-dealkylation sites (tertiary alicyclic amines) is 2. The lowest BCUT2D eigenvalue weighted by atomic mass is 9.71. The quantitative estimate of drug-likeness (QED) is 0.692. The van der Waals surface area contributed by atoms with Gasteiger partial charge >= 0.3 is 11.9 Å². The van der Waals surface area contributed by atoms with E-state index in [1.165, 1.54) is 36.8 Å². The zero-order valence-corrected chi connectivity index (χ0v) is 18.7. The molecule has 5 rings (SSSR count). The molecule has 166 valence electrons. The third-order valence-electron chi connectivity index (χ3n) is 8.18. The van der Waals surface area contributed by atoms with E-state index in [-0.39, 0.29) is 11.9 Å². The molecule has 4 aliphatic heterocycles. The number of hydrogen-bond donors (Lipinski definition) is 0. The van der Waals surface area contributed by atoms with Crippen molar-refractivity contribution >= 4 is 11.9 Å². The molecule has 0 unspecified atom stereocenters. The van der Waals surface area contributed by atoms with E-state index in [9.17, 15) is 9.59 Å². The molecule has 1 aromatic rings. The van der Waals surface area contributed by atoms with Crippen molar-refractivity contribution in [3.05, 3.63) is 45.7 Å². The van der Waals surface area contributed by atoms with Gasteiger partial charge in [-0.25, -0.2) is 9.59 Å². The maximum absolute atomic E-state index is 11.7. The molecule has 2 fully saturated rings. The predicted molar refractivity (Wildman–Crippen MR) is 117 cm³/mol. The van der Waals surface area contributed by atoms with E-state index in [0.717, 1.165) is 61.5 Å². The fourth-order valence-electron chi connectivity index (χ4n) is 5.75. The van der Waals surface area contributed by atoms with Crippen LogP contribution in [0.15, 0.2) is 23.4 Å². The standard InChI is InChI=1S/C25H32N2O4/c1-17-19(3-4-20-21(17)15-30-24(20)29)5-10-26-11-6-25(7-12-26)8-13-27(14-9-25)22-16-31-23(28)18(22)2/h3-4H,5-16H2,1-2H3. The van der Waals surface area contributed by atoms with Crippen molar-refractivity contribution in [3.63, 3.8) is 0 Å². The SMILES string of the molecule is CC1=C(N2CCC3(CCN(CCc4ccc5c(c4C)COC5=O)CC3)CC2)COC1=O. The number of carbonyl (C=O) groups excluding carboxylic acids is 2. The maximum Gasteiger partial charge on any atom is 0.338 e. The van der Waals surface area contributed by atoms with Crippen molar-refractivity contribution in [3.8, 4) is 0 Å². The van der Waals surface area contributed by atoms with Gasteiger partial charge in [0.15, 0.2) is 0 Å². The van der Waals surface area contributed by atoms with Gasteiger partial charge in [-0.1, -0.05) is 6.07 Å². The average Bonchev–Trinajstić information content (AvgIpc) is 3.32. The third kappa shape index (κ3) is 3.75. The molecular formula is C25H32N2O4. The van der Waals surface area contributed by atoms with Crippen LogP contribution in [0.2, 0.25) is 0 Å². The Balaban J connectivity index is 1.13. The topological polar surface area (TPSA) is 59.1 Å². The lowest BCUT2D eigenvalue weighted by Gasteiger charge is -2.47. The van der Waals surface area contributed by atoms with Crippen LogP contribution in [0, 0.1) is 12.3 Å². The molecule has 0 amide bonds. The maximum atomic E-state index is 11.7. The number of hydrogen-bond acceptors (Lipinski definition) is 6. The molecule has 0 aromatic heterocycles. The Morgan fingerprint density at radius 3 is 2.26 bits per heavy atom. The van der Waals surface area contributed by atoms with Crippen LogP contribution < -0.4 is 0 Å². The monoisotopic (exact) mass is 424 g/mol. The molecule has 6 heteroatoms. The van der Waals surface area contributed by atoms with Crippen LogP contribution in [-0.2, 0) is 27.3 Å². The highest BCUT2D eigenvalue weighted by Crippen LogP contribution is 2.42. The van der Waals surface area contributed by atoms with E-state index in [0.29, 0.717) is 18.6 Å². The Labute approximate surface area is 184 Å². The molecule has 0 radical (unpaired) electrons. The third-order valence-corrected chi connectivity index (χ3v) is 8.18. The number of fused-ring (bicyclic) bond motifs is 1. The summed E-state index contributed by atoms with van der Waals surface area (Å²) in [7, 11) is 0. The van der Waals surface area contributed by atoms with E-state index in [1.54, 1.807) is 0 Å². The number of ether oxygens (including phenoxy) is 2. The van der Waals surface area contributed by atoms with Crippen molar-refractivity contribution in [2.45, 2.75) is 52.6 Å². The lowest BCUT2D eigenvalue weighted by Crippen LogP contribution is -2.47. The van der Waals surface area contributed by atoms with E-state index in [2.05, 4.69) is 22.8 Å². The van der Waals surface area contributed by atoms with Crippen molar-refractivity contribution in [2.75, 3.05) is 39.3 Å². The van der Waals surface area contributed by atoms with Gasteiger partial charge < -0.3 is 19.3 Å². The molecule has 1 spiro atoms. The molecular weight excluding hydrogens is 392 g/mol. The lowest BCUT2D eigenvalue weighted by molar-refractivity contribution is -0.136. The summed E-state index contributed by atoms with van der Waals surface area (Å²) in [5.41, 5.74) is 6.74. The Morgan fingerprint density at radius 2 is 1.58 bits per heavy atom. The minimum Gasteiger partial charge on any atom is -0.457 e. The summed E-state index contributed by atoms with van der Waals surface area (Å²) in [5.74, 6) is -0.336. The average molecular weight is 425 g/mol. The van der Waals surface area contributed by atoms with Crippen molar-refractivity contribution in [1.82, 2.24) is 9.80 Å². The predicted octanol–water partition coefficient (Wildman–Crippen LogP) is 3.22. The first-order valence-corrected chi connectivity index (χ1v) is 11.6. The molecule has 0 N–H and O–H groups in total. The number of nitrogens with zero attached hydrogens (tertiary/aromatic N) is 2. The van der Waals surface area contributed by atoms with E-state index in [1.807, 2.05) is 13.0 Å². The summed E-state index contributed by atoms with van der Waals surface area (Å²) in [4.78, 5) is 28.4. The number of carbonyl (C=O) groups is 2. The molecule has 1 aromatic carbocycles. The number of rotatable bonds is 4. The second-order valence-corrected chi connectivity index (χ2v) is 9.68. The van der Waals surface area contributed by atoms with E-state index < -0.39 is 0 Å². The number of benzene rings is 1. The molecule has 31 heavy (non-hydrogen) atoms. The normalized spacial score (nSPS) is 23.4. The van der Waals surface area contributed by atoms with Crippen LogP contribution in [0.1, 0.15) is 59.7 Å². The molecule has 6 nitrogen and oxygen atoms in total. The van der Waals surface area contributed by atoms with E-state index in [4.69, 9.17) is 9.47 Å². The first kappa shape index (κ1) is 20.6. The molecule has 4 heterocycles. The molecule has 0 saturated carbocycles. The van der Waals surface area contributed by atoms with Crippen LogP contribution in [-0.4, -0.2) is 61.1 Å². The van der Waals surface area contributed by atoms with Crippen LogP contribution in [0.25, 0.3) is 0 Å². The van der Waals surface area contributed by atoms with Crippen LogP contribution >= 0.6 is 0 Å². The van der Waals surface area contributed by atoms with Crippen molar-refractivity contribution < 1.29 is 19.1 Å². The molecule has 0 atom stereocenters. The van der Waals surface area contributed by atoms with Gasteiger partial charge in [-0.05, 0) is 81.6 Å². The Hall–Kier alpha value is -2.34. The minimum absolute atomic E-state index is 0.152. The van der Waals surface area contributed by atoms with Crippen LogP contribution in [0.3, 0.4) is 0 Å². The minimum atomic E-state index is -0.185. The van der Waals surface area contributed by atoms with Gasteiger partial charge in [0.1, 0.15) is 13.2 Å². The van der Waals surface area contributed by atoms with Gasteiger partial charge in [0.05, 0.1) is 16.8 Å². The highest BCUT2D eigenvalue weighted by molar-refractivity contribution is 5.94. The number of esters is 2. The summed E-state index contributed by atoms with van der Waals surface area (Å²) in [6, 6.07) is 4.04. The highest BCUT2D eigenvalue weighted by atomic mass is 16.5. The molecule has 0 aliphatic carbocycles. The van der Waals surface area contributed by atoms with Crippen LogP contribution in [0.5, 0.6) is 0 Å². The largest absolute Gasteiger partial charge is 0.457 e. The molecule has 2 saturated heterocycles. The van der Waals surface area contributed by atoms with Gasteiger partial charge in [0.2, 0.25) is 0 Å². The van der Waals surface area contributed by atoms with Gasteiger partial charge in [-0.3, -0.25) is 0 Å². The summed E-state index contributed by atoms with van der Waals surface area (Å²) in [5, 5.41) is 0. The summed E-state index contributed by atoms with van der Waals surface area (Å²) in [6.07, 6.45) is 5.97. The zero-order chi connectivity index (χ0) is 21.6. The Kier molecular flexibility index (Phi) is 5.29. The first-order chi connectivity index (χ1) is 15.0. The Morgan fingerprint density at radius 1 is 0.903 bits per heavy atom. The van der Waals surface area contributed by atoms with E-state index >= 15 is 0 Å². The fraction of sp³-hybridized carbons (Fsp3) is 0.600. The smallest absolute Gasteiger partial charge is 0.338 e. The highest BCUT2D eigenvalue weighted by Gasteiger charge is 2.39. The van der Waals surface area contributed by atoms with Crippen molar-refractivity contribution in [2.24, 2.45) is 5.41 Å². The fourth-order valence-corrected chi connectivity index (χ4v) is 5.75. The summed E-state index contributed by atoms with van der Waals surface area (Å²) in [6.45, 7) is 10.4. The van der Waals surface area contributed by atoms with Gasteiger partial charge in [0.25, 0.3) is 0 Å². The van der Waals surface area contributed by atoms with Gasteiger partial charge in [0, 0.05) is 25.2 Å². The van der Waals surface area contributed by atoms with Gasteiger partial charge in [-0.15, -0.1) is 0 Å². The molecule has 4 aliphatic rings. The zero-order valence-electron chi connectivity index (χ0n) is 18.7.